The Bertz CT molecular complexity index is 1040. The fraction of sp³-hybridized carbons (Fsp3) is 0.263. The van der Waals surface area contributed by atoms with E-state index in [4.69, 9.17) is 4.52 Å². The first kappa shape index (κ1) is 18.5. The third-order valence-electron chi connectivity index (χ3n) is 4.76. The standard InChI is InChI=1S/C19H18N6O4/c1-13-21-18(22-29-13)14-6-7-17(20-12-14)23-8-10-24(11-9-23)19(26)15-4-2-3-5-16(15)25(27)28/h2-7,12H,8-11H2,1H3. The van der Waals surface area contributed by atoms with Crippen LogP contribution >= 0.6 is 0 Å². The Hall–Kier alpha value is -3.82. The molecule has 0 saturated carbocycles. The van der Waals surface area contributed by atoms with Crippen LogP contribution in [0.25, 0.3) is 11.4 Å². The number of piperazine rings is 1. The van der Waals surface area contributed by atoms with Crippen LogP contribution in [0, 0.1) is 17.0 Å². The summed E-state index contributed by atoms with van der Waals surface area (Å²) in [5.41, 5.74) is 0.702. The van der Waals surface area contributed by atoms with E-state index in [2.05, 4.69) is 20.0 Å². The summed E-state index contributed by atoms with van der Waals surface area (Å²) in [5, 5.41) is 15.1. The molecule has 1 aromatic carbocycles. The number of anilines is 1. The Morgan fingerprint density at radius 3 is 2.52 bits per heavy atom. The molecule has 1 amide bonds. The Morgan fingerprint density at radius 1 is 1.14 bits per heavy atom. The number of pyridine rings is 1. The lowest BCUT2D eigenvalue weighted by Gasteiger charge is -2.35. The fourth-order valence-electron chi connectivity index (χ4n) is 3.24. The summed E-state index contributed by atoms with van der Waals surface area (Å²) in [7, 11) is 0. The highest BCUT2D eigenvalue weighted by molar-refractivity contribution is 5.98. The fourth-order valence-corrected chi connectivity index (χ4v) is 3.24. The zero-order chi connectivity index (χ0) is 20.4. The van der Waals surface area contributed by atoms with Crippen molar-refractivity contribution >= 4 is 17.4 Å². The van der Waals surface area contributed by atoms with Crippen molar-refractivity contribution < 1.29 is 14.2 Å². The minimum atomic E-state index is -0.528. The lowest BCUT2D eigenvalue weighted by molar-refractivity contribution is -0.385. The second-order valence-electron chi connectivity index (χ2n) is 6.60. The van der Waals surface area contributed by atoms with E-state index in [0.29, 0.717) is 37.9 Å². The van der Waals surface area contributed by atoms with Crippen LogP contribution in [0.1, 0.15) is 16.2 Å². The predicted molar refractivity (Wildman–Crippen MR) is 103 cm³/mol. The number of carbonyl (C=O) groups is 1. The minimum absolute atomic E-state index is 0.115. The normalized spacial score (nSPS) is 14.1. The number of nitro groups is 1. The van der Waals surface area contributed by atoms with E-state index in [0.717, 1.165) is 11.4 Å². The summed E-state index contributed by atoms with van der Waals surface area (Å²) in [6.45, 7) is 3.81. The van der Waals surface area contributed by atoms with Gasteiger partial charge >= 0.3 is 0 Å². The van der Waals surface area contributed by atoms with E-state index in [9.17, 15) is 14.9 Å². The van der Waals surface area contributed by atoms with Crippen LogP contribution in [0.15, 0.2) is 47.1 Å². The third kappa shape index (κ3) is 3.77. The Morgan fingerprint density at radius 2 is 1.90 bits per heavy atom. The number of aryl methyl sites for hydroxylation is 1. The van der Waals surface area contributed by atoms with Crippen LogP contribution in [-0.2, 0) is 0 Å². The van der Waals surface area contributed by atoms with Gasteiger partial charge in [-0.2, -0.15) is 4.98 Å². The van der Waals surface area contributed by atoms with Gasteiger partial charge in [-0.3, -0.25) is 14.9 Å². The lowest BCUT2D eigenvalue weighted by atomic mass is 10.1. The van der Waals surface area contributed by atoms with Gasteiger partial charge in [0, 0.05) is 50.9 Å². The second kappa shape index (κ2) is 7.66. The van der Waals surface area contributed by atoms with Gasteiger partial charge in [0.05, 0.1) is 4.92 Å². The molecule has 10 heteroatoms. The number of nitrogens with zero attached hydrogens (tertiary/aromatic N) is 6. The number of amides is 1. The molecule has 1 aliphatic rings. The first-order valence-corrected chi connectivity index (χ1v) is 9.07. The first-order valence-electron chi connectivity index (χ1n) is 9.07. The van der Waals surface area contributed by atoms with Gasteiger partial charge in [-0.25, -0.2) is 4.98 Å². The number of carbonyl (C=O) groups excluding carboxylic acids is 1. The number of para-hydroxylation sites is 1. The molecular weight excluding hydrogens is 376 g/mol. The average Bonchev–Trinajstić information content (AvgIpc) is 3.20. The quantitative estimate of drug-likeness (QED) is 0.488. The second-order valence-corrected chi connectivity index (χ2v) is 6.60. The molecule has 0 radical (unpaired) electrons. The first-order chi connectivity index (χ1) is 14.0. The molecule has 1 aliphatic heterocycles. The number of hydrogen-bond donors (Lipinski definition) is 0. The Balaban J connectivity index is 1.42. The van der Waals surface area contributed by atoms with Crippen LogP contribution in [-0.4, -0.2) is 57.0 Å². The summed E-state index contributed by atoms with van der Waals surface area (Å²) in [6, 6.07) is 9.77. The van der Waals surface area contributed by atoms with E-state index in [-0.39, 0.29) is 17.2 Å². The van der Waals surface area contributed by atoms with Gasteiger partial charge in [-0.15, -0.1) is 0 Å². The Labute approximate surface area is 165 Å². The van der Waals surface area contributed by atoms with Crippen molar-refractivity contribution in [3.63, 3.8) is 0 Å². The van der Waals surface area contributed by atoms with E-state index in [1.165, 1.54) is 12.1 Å². The molecule has 3 heterocycles. The molecule has 148 valence electrons. The summed E-state index contributed by atoms with van der Waals surface area (Å²) in [5.74, 6) is 1.43. The molecule has 0 atom stereocenters. The highest BCUT2D eigenvalue weighted by Gasteiger charge is 2.27. The van der Waals surface area contributed by atoms with Gasteiger partial charge < -0.3 is 14.3 Å². The zero-order valence-electron chi connectivity index (χ0n) is 15.7. The minimum Gasteiger partial charge on any atom is -0.353 e. The van der Waals surface area contributed by atoms with Gasteiger partial charge in [0.15, 0.2) is 0 Å². The lowest BCUT2D eigenvalue weighted by Crippen LogP contribution is -2.49. The summed E-state index contributed by atoms with van der Waals surface area (Å²) >= 11 is 0. The highest BCUT2D eigenvalue weighted by Crippen LogP contribution is 2.22. The topological polar surface area (TPSA) is 118 Å². The monoisotopic (exact) mass is 394 g/mol. The molecule has 1 fully saturated rings. The maximum absolute atomic E-state index is 12.7. The van der Waals surface area contributed by atoms with Gasteiger partial charge in [0.1, 0.15) is 11.4 Å². The smallest absolute Gasteiger partial charge is 0.282 e. The molecule has 4 rings (SSSR count). The number of benzene rings is 1. The van der Waals surface area contributed by atoms with Crippen LogP contribution in [0.5, 0.6) is 0 Å². The van der Waals surface area contributed by atoms with Crippen LogP contribution in [0.4, 0.5) is 11.5 Å². The highest BCUT2D eigenvalue weighted by atomic mass is 16.6. The van der Waals surface area contributed by atoms with E-state index >= 15 is 0 Å². The van der Waals surface area contributed by atoms with Gasteiger partial charge in [0.2, 0.25) is 11.7 Å². The predicted octanol–water partition coefficient (Wildman–Crippen LogP) is 2.31. The SMILES string of the molecule is Cc1nc(-c2ccc(N3CCN(C(=O)c4ccccc4[N+](=O)[O-])CC3)nc2)no1. The van der Waals surface area contributed by atoms with Crippen molar-refractivity contribution in [3.05, 3.63) is 64.2 Å². The molecule has 1 saturated heterocycles. The maximum atomic E-state index is 12.7. The average molecular weight is 394 g/mol. The number of nitro benzene ring substituents is 1. The molecule has 0 spiro atoms. The third-order valence-corrected chi connectivity index (χ3v) is 4.76. The molecule has 3 aromatic rings. The molecule has 0 bridgehead atoms. The summed E-state index contributed by atoms with van der Waals surface area (Å²) in [4.78, 5) is 35.7. The van der Waals surface area contributed by atoms with E-state index in [1.807, 2.05) is 12.1 Å². The van der Waals surface area contributed by atoms with Crippen molar-refractivity contribution in [3.8, 4) is 11.4 Å². The molecular formula is C19H18N6O4. The molecule has 0 unspecified atom stereocenters. The van der Waals surface area contributed by atoms with Crippen molar-refractivity contribution in [2.45, 2.75) is 6.92 Å². The molecule has 29 heavy (non-hydrogen) atoms. The Kier molecular flexibility index (Phi) is 4.90. The maximum Gasteiger partial charge on any atom is 0.282 e. The summed E-state index contributed by atoms with van der Waals surface area (Å²) in [6.07, 6.45) is 1.69. The van der Waals surface area contributed by atoms with Gasteiger partial charge in [-0.1, -0.05) is 17.3 Å². The van der Waals surface area contributed by atoms with Crippen molar-refractivity contribution in [1.82, 2.24) is 20.0 Å². The largest absolute Gasteiger partial charge is 0.353 e. The van der Waals surface area contributed by atoms with Crippen molar-refractivity contribution in [1.29, 1.82) is 0 Å². The van der Waals surface area contributed by atoms with E-state index < -0.39 is 4.92 Å². The van der Waals surface area contributed by atoms with Crippen molar-refractivity contribution in [2.75, 3.05) is 31.1 Å². The van der Waals surface area contributed by atoms with Crippen LogP contribution in [0.3, 0.4) is 0 Å². The molecule has 0 N–H and O–H groups in total. The van der Waals surface area contributed by atoms with E-state index in [1.54, 1.807) is 30.2 Å². The van der Waals surface area contributed by atoms with Crippen molar-refractivity contribution in [2.24, 2.45) is 0 Å². The molecule has 0 aliphatic carbocycles. The molecule has 10 nitrogen and oxygen atoms in total. The van der Waals surface area contributed by atoms with Gasteiger partial charge in [-0.05, 0) is 18.2 Å². The number of rotatable bonds is 4. The van der Waals surface area contributed by atoms with Crippen LogP contribution in [0.2, 0.25) is 0 Å². The zero-order valence-corrected chi connectivity index (χ0v) is 15.7. The molecule has 2 aromatic heterocycles. The van der Waals surface area contributed by atoms with Crippen LogP contribution < -0.4 is 4.90 Å². The summed E-state index contributed by atoms with van der Waals surface area (Å²) < 4.78 is 4.98. The number of hydrogen-bond acceptors (Lipinski definition) is 8. The van der Waals surface area contributed by atoms with Gasteiger partial charge in [0.25, 0.3) is 11.6 Å². The number of aromatic nitrogens is 3.